The molecular formula is C35H31ClF6N2O4. The third-order valence-electron chi connectivity index (χ3n) is 8.79. The summed E-state index contributed by atoms with van der Waals surface area (Å²) >= 11 is 6.69. The van der Waals surface area contributed by atoms with Gasteiger partial charge in [0.1, 0.15) is 6.10 Å². The van der Waals surface area contributed by atoms with Crippen molar-refractivity contribution in [2.45, 2.75) is 70.6 Å². The Hall–Kier alpha value is -4.32. The van der Waals surface area contributed by atoms with Crippen LogP contribution in [0.15, 0.2) is 72.8 Å². The highest BCUT2D eigenvalue weighted by Crippen LogP contribution is 2.45. The fourth-order valence-corrected chi connectivity index (χ4v) is 6.33. The Balaban J connectivity index is 1.54. The molecule has 0 bridgehead atoms. The number of carboxylic acid groups (broad SMARTS) is 1. The monoisotopic (exact) mass is 692 g/mol. The number of amides is 1. The molecule has 254 valence electrons. The van der Waals surface area contributed by atoms with Gasteiger partial charge in [-0.15, -0.1) is 0 Å². The summed E-state index contributed by atoms with van der Waals surface area (Å²) in [6.45, 7) is 4.84. The number of ether oxygens (including phenoxy) is 1. The van der Waals surface area contributed by atoms with Crippen molar-refractivity contribution in [3.05, 3.63) is 111 Å². The molecule has 0 saturated carbocycles. The van der Waals surface area contributed by atoms with E-state index in [0.717, 1.165) is 6.42 Å². The molecule has 1 saturated heterocycles. The lowest BCUT2D eigenvalue weighted by Gasteiger charge is -2.32. The molecule has 1 N–H and O–H groups in total. The van der Waals surface area contributed by atoms with Gasteiger partial charge in [0, 0.05) is 27.8 Å². The molecule has 3 aromatic rings. The highest BCUT2D eigenvalue weighted by molar-refractivity contribution is 6.33. The Morgan fingerprint density at radius 2 is 1.65 bits per heavy atom. The maximum absolute atomic E-state index is 13.6. The van der Waals surface area contributed by atoms with Crippen LogP contribution in [0.1, 0.15) is 72.9 Å². The zero-order valence-electron chi connectivity index (χ0n) is 26.0. The molecule has 1 aliphatic carbocycles. The van der Waals surface area contributed by atoms with Gasteiger partial charge in [-0.1, -0.05) is 61.4 Å². The number of nitrogens with zero attached hydrogens (tertiary/aromatic N) is 2. The van der Waals surface area contributed by atoms with Crippen molar-refractivity contribution in [3.63, 3.8) is 0 Å². The molecule has 2 aliphatic rings. The maximum Gasteiger partial charge on any atom is 0.416 e. The van der Waals surface area contributed by atoms with Gasteiger partial charge >= 0.3 is 24.4 Å². The molecule has 2 unspecified atom stereocenters. The number of halogens is 7. The van der Waals surface area contributed by atoms with Crippen molar-refractivity contribution >= 4 is 23.7 Å². The molecule has 0 radical (unpaired) electrons. The third kappa shape index (κ3) is 6.80. The van der Waals surface area contributed by atoms with Crippen LogP contribution in [-0.2, 0) is 34.8 Å². The molecule has 1 aromatic heterocycles. The summed E-state index contributed by atoms with van der Waals surface area (Å²) in [5.41, 5.74) is -2.00. The van der Waals surface area contributed by atoms with Gasteiger partial charge in [-0.3, -0.25) is 14.7 Å². The Labute approximate surface area is 277 Å². The van der Waals surface area contributed by atoms with E-state index in [4.69, 9.17) is 21.3 Å². The van der Waals surface area contributed by atoms with Gasteiger partial charge in [-0.05, 0) is 67.8 Å². The molecule has 5 rings (SSSR count). The highest BCUT2D eigenvalue weighted by Gasteiger charge is 2.44. The minimum absolute atomic E-state index is 0.0223. The Bertz CT molecular complexity index is 1770. The number of cyclic esters (lactones) is 1. The molecule has 13 heteroatoms. The number of aromatic nitrogens is 1. The summed E-state index contributed by atoms with van der Waals surface area (Å²) in [4.78, 5) is 31.4. The van der Waals surface area contributed by atoms with Crippen LogP contribution in [0.25, 0.3) is 11.1 Å². The number of aliphatic carboxylic acids is 1. The van der Waals surface area contributed by atoms with Crippen molar-refractivity contribution in [2.75, 3.05) is 0 Å². The van der Waals surface area contributed by atoms with Crippen molar-refractivity contribution in [2.24, 2.45) is 5.41 Å². The third-order valence-corrected chi connectivity index (χ3v) is 9.12. The number of pyridine rings is 1. The van der Waals surface area contributed by atoms with E-state index in [1.807, 2.05) is 6.92 Å². The minimum Gasteiger partial charge on any atom is -0.481 e. The summed E-state index contributed by atoms with van der Waals surface area (Å²) in [5.74, 6) is -1.56. The smallest absolute Gasteiger partial charge is 0.416 e. The SMILES string of the molecule is CCCc1ccc(-c2cc(C3C=CC=CC3(C)C(=O)O)ccc2Cl)c(CN2C(=O)O[C@H](c3cc(C(F)(F)F)cc(C(F)(F)F)c3)[C@@H]2C)n1. The summed E-state index contributed by atoms with van der Waals surface area (Å²) in [7, 11) is 0. The average Bonchev–Trinajstić information content (AvgIpc) is 3.29. The van der Waals surface area contributed by atoms with Crippen LogP contribution in [0.5, 0.6) is 0 Å². The van der Waals surface area contributed by atoms with E-state index in [0.29, 0.717) is 51.7 Å². The molecule has 0 spiro atoms. The van der Waals surface area contributed by atoms with Crippen molar-refractivity contribution in [1.82, 2.24) is 9.88 Å². The Morgan fingerprint density at radius 1 is 0.979 bits per heavy atom. The number of hydrogen-bond donors (Lipinski definition) is 1. The molecule has 48 heavy (non-hydrogen) atoms. The molecule has 2 heterocycles. The standard InChI is InChI=1S/C35H31ClF6N2O4/c1-4-7-24-10-11-25(26-16-20(9-12-28(26)36)27-8-5-6-13-33(27,3)31(45)46)29(43-24)18-44-19(2)30(48-32(44)47)21-14-22(34(37,38)39)17-23(15-21)35(40,41)42/h5-6,8-17,19,27,30H,4,7,18H2,1-3H3,(H,45,46)/t19-,27?,30-,33?/m0/s1. The van der Waals surface area contributed by atoms with Crippen LogP contribution >= 0.6 is 11.6 Å². The first-order chi connectivity index (χ1) is 22.4. The van der Waals surface area contributed by atoms with Gasteiger partial charge < -0.3 is 9.84 Å². The maximum atomic E-state index is 13.6. The lowest BCUT2D eigenvalue weighted by Crippen LogP contribution is -2.33. The number of rotatable bonds is 8. The predicted molar refractivity (Wildman–Crippen MR) is 166 cm³/mol. The Kier molecular flexibility index (Phi) is 9.44. The zero-order chi connectivity index (χ0) is 35.2. The van der Waals surface area contributed by atoms with Gasteiger partial charge in [0.25, 0.3) is 0 Å². The lowest BCUT2D eigenvalue weighted by molar-refractivity contribution is -0.146. The second-order valence-corrected chi connectivity index (χ2v) is 12.5. The quantitative estimate of drug-likeness (QED) is 0.238. The number of benzene rings is 2. The van der Waals surface area contributed by atoms with Crippen LogP contribution < -0.4 is 0 Å². The van der Waals surface area contributed by atoms with Crippen LogP contribution in [-0.4, -0.2) is 33.1 Å². The average molecular weight is 693 g/mol. The van der Waals surface area contributed by atoms with E-state index in [9.17, 15) is 41.0 Å². The summed E-state index contributed by atoms with van der Waals surface area (Å²) < 4.78 is 86.9. The molecule has 4 atom stereocenters. The van der Waals surface area contributed by atoms with Gasteiger partial charge in [0.2, 0.25) is 0 Å². The molecule has 2 aromatic carbocycles. The first kappa shape index (κ1) is 35.0. The largest absolute Gasteiger partial charge is 0.481 e. The summed E-state index contributed by atoms with van der Waals surface area (Å²) in [5, 5.41) is 10.4. The van der Waals surface area contributed by atoms with Gasteiger partial charge in [-0.2, -0.15) is 26.3 Å². The van der Waals surface area contributed by atoms with Crippen molar-refractivity contribution in [1.29, 1.82) is 0 Å². The first-order valence-electron chi connectivity index (χ1n) is 15.1. The summed E-state index contributed by atoms with van der Waals surface area (Å²) in [6.07, 6.45) is -4.36. The van der Waals surface area contributed by atoms with E-state index in [1.54, 1.807) is 61.6 Å². The fourth-order valence-electron chi connectivity index (χ4n) is 6.11. The second-order valence-electron chi connectivity index (χ2n) is 12.1. The number of aryl methyl sites for hydroxylation is 1. The number of carbonyl (C=O) groups is 2. The normalized spacial score (nSPS) is 22.7. The topological polar surface area (TPSA) is 79.7 Å². The van der Waals surface area contributed by atoms with Crippen LogP contribution in [0.4, 0.5) is 31.1 Å². The van der Waals surface area contributed by atoms with E-state index in [2.05, 4.69) is 0 Å². The molecule has 1 aliphatic heterocycles. The summed E-state index contributed by atoms with van der Waals surface area (Å²) in [6, 6.07) is 8.86. The van der Waals surface area contributed by atoms with E-state index >= 15 is 0 Å². The lowest BCUT2D eigenvalue weighted by atomic mass is 9.71. The number of hydrogen-bond acceptors (Lipinski definition) is 4. The number of allylic oxidation sites excluding steroid dienone is 3. The number of carbonyl (C=O) groups excluding carboxylic acids is 1. The van der Waals surface area contributed by atoms with E-state index in [-0.39, 0.29) is 12.6 Å². The first-order valence-corrected chi connectivity index (χ1v) is 15.5. The van der Waals surface area contributed by atoms with Crippen LogP contribution in [0, 0.1) is 5.41 Å². The van der Waals surface area contributed by atoms with E-state index < -0.39 is 64.6 Å². The molecule has 6 nitrogen and oxygen atoms in total. The van der Waals surface area contributed by atoms with Crippen molar-refractivity contribution in [3.8, 4) is 11.1 Å². The number of carboxylic acids is 1. The Morgan fingerprint density at radius 3 is 2.25 bits per heavy atom. The van der Waals surface area contributed by atoms with Gasteiger partial charge in [0.15, 0.2) is 0 Å². The molecule has 1 amide bonds. The van der Waals surface area contributed by atoms with Crippen molar-refractivity contribution < 1.29 is 45.8 Å². The second kappa shape index (κ2) is 12.9. The van der Waals surface area contributed by atoms with Crippen LogP contribution in [0.2, 0.25) is 5.02 Å². The predicted octanol–water partition coefficient (Wildman–Crippen LogP) is 9.77. The zero-order valence-corrected chi connectivity index (χ0v) is 26.7. The van der Waals surface area contributed by atoms with Crippen LogP contribution in [0.3, 0.4) is 0 Å². The molecular weight excluding hydrogens is 662 g/mol. The van der Waals surface area contributed by atoms with E-state index in [1.165, 1.54) is 11.8 Å². The van der Waals surface area contributed by atoms with Gasteiger partial charge in [0.05, 0.1) is 34.8 Å². The van der Waals surface area contributed by atoms with Gasteiger partial charge in [-0.25, -0.2) is 4.79 Å². The minimum atomic E-state index is -5.07. The highest BCUT2D eigenvalue weighted by atomic mass is 35.5. The number of alkyl halides is 6. The fraction of sp³-hybridized carbons (Fsp3) is 0.343. The molecule has 1 fully saturated rings.